The molecule has 0 spiro atoms. The molecule has 0 saturated carbocycles. The summed E-state index contributed by atoms with van der Waals surface area (Å²) in [6.45, 7) is 1.79. The molecule has 6 heteroatoms. The largest absolute Gasteiger partial charge is 0.423 e. The monoisotopic (exact) mass is 393 g/mol. The number of hydrogen-bond donors (Lipinski definition) is 1. The predicted octanol–water partition coefficient (Wildman–Crippen LogP) is 4.29. The second-order valence-electron chi connectivity index (χ2n) is 5.86. The zero-order valence-corrected chi connectivity index (χ0v) is 16.1. The van der Waals surface area contributed by atoms with Gasteiger partial charge in [0.15, 0.2) is 0 Å². The highest BCUT2D eigenvalue weighted by atomic mass is 32.2. The van der Waals surface area contributed by atoms with Gasteiger partial charge in [-0.15, -0.1) is 0 Å². The van der Waals surface area contributed by atoms with Crippen molar-refractivity contribution in [1.82, 2.24) is 0 Å². The van der Waals surface area contributed by atoms with E-state index in [4.69, 9.17) is 4.74 Å². The van der Waals surface area contributed by atoms with Crippen LogP contribution in [-0.4, -0.2) is 21.8 Å². The van der Waals surface area contributed by atoms with E-state index in [2.05, 4.69) is 5.32 Å². The van der Waals surface area contributed by atoms with Gasteiger partial charge in [-0.3, -0.25) is 9.00 Å². The van der Waals surface area contributed by atoms with Crippen molar-refractivity contribution in [2.75, 3.05) is 11.1 Å². The minimum absolute atomic E-state index is 0.221. The number of amides is 1. The molecule has 3 rings (SSSR count). The number of hydrogen-bond acceptors (Lipinski definition) is 4. The molecule has 0 unspecified atom stereocenters. The van der Waals surface area contributed by atoms with Crippen molar-refractivity contribution in [2.24, 2.45) is 0 Å². The van der Waals surface area contributed by atoms with Crippen molar-refractivity contribution < 1.29 is 18.5 Å². The number of rotatable bonds is 6. The van der Waals surface area contributed by atoms with Crippen molar-refractivity contribution >= 4 is 28.4 Å². The first-order valence-electron chi connectivity index (χ1n) is 8.74. The second-order valence-corrected chi connectivity index (χ2v) is 7.57. The molecule has 5 nitrogen and oxygen atoms in total. The standard InChI is InChI=1S/C22H19NO4S/c1-2-28(26)20-11-7-6-10-19(20)22(25)27-18-14-12-17(13-15-18)23-21(24)16-8-4-3-5-9-16/h3-15H,2H2,1H3,(H,23,24)/t28-/m0/s1. The Bertz CT molecular complexity index is 1000. The van der Waals surface area contributed by atoms with E-state index in [1.807, 2.05) is 6.07 Å². The smallest absolute Gasteiger partial charge is 0.344 e. The number of esters is 1. The Labute approximate surface area is 165 Å². The molecule has 0 bridgehead atoms. The second kappa shape index (κ2) is 9.10. The van der Waals surface area contributed by atoms with Crippen LogP contribution in [-0.2, 0) is 10.8 Å². The van der Waals surface area contributed by atoms with E-state index in [-0.39, 0.29) is 11.5 Å². The first kappa shape index (κ1) is 19.5. The van der Waals surface area contributed by atoms with Crippen molar-refractivity contribution in [3.63, 3.8) is 0 Å². The van der Waals surface area contributed by atoms with Crippen LogP contribution in [0.4, 0.5) is 5.69 Å². The highest BCUT2D eigenvalue weighted by Gasteiger charge is 2.16. The Hall–Kier alpha value is -3.25. The first-order valence-corrected chi connectivity index (χ1v) is 10.1. The average Bonchev–Trinajstić information content (AvgIpc) is 2.75. The van der Waals surface area contributed by atoms with Gasteiger partial charge in [-0.25, -0.2) is 4.79 Å². The number of ether oxygens (including phenoxy) is 1. The molecule has 3 aromatic carbocycles. The van der Waals surface area contributed by atoms with E-state index in [0.717, 1.165) is 0 Å². The minimum Gasteiger partial charge on any atom is -0.423 e. The van der Waals surface area contributed by atoms with Gasteiger partial charge in [0.25, 0.3) is 5.91 Å². The highest BCUT2D eigenvalue weighted by Crippen LogP contribution is 2.20. The molecule has 0 heterocycles. The third kappa shape index (κ3) is 4.72. The lowest BCUT2D eigenvalue weighted by Gasteiger charge is -2.09. The van der Waals surface area contributed by atoms with Crippen LogP contribution in [0.1, 0.15) is 27.6 Å². The summed E-state index contributed by atoms with van der Waals surface area (Å²) in [5.41, 5.74) is 1.42. The van der Waals surface area contributed by atoms with E-state index in [9.17, 15) is 13.8 Å². The molecular weight excluding hydrogens is 374 g/mol. The van der Waals surface area contributed by atoms with Crippen LogP contribution >= 0.6 is 0 Å². The van der Waals surface area contributed by atoms with Gasteiger partial charge in [-0.1, -0.05) is 37.3 Å². The van der Waals surface area contributed by atoms with Gasteiger partial charge in [0.05, 0.1) is 21.3 Å². The highest BCUT2D eigenvalue weighted by molar-refractivity contribution is 7.85. The van der Waals surface area contributed by atoms with Crippen LogP contribution < -0.4 is 10.1 Å². The maximum absolute atomic E-state index is 12.5. The minimum atomic E-state index is -1.26. The van der Waals surface area contributed by atoms with E-state index >= 15 is 0 Å². The third-order valence-corrected chi connectivity index (χ3v) is 5.34. The predicted molar refractivity (Wildman–Crippen MR) is 109 cm³/mol. The van der Waals surface area contributed by atoms with Crippen LogP contribution in [0.2, 0.25) is 0 Å². The molecule has 0 aromatic heterocycles. The zero-order valence-electron chi connectivity index (χ0n) is 15.3. The summed E-state index contributed by atoms with van der Waals surface area (Å²) < 4.78 is 17.5. The number of anilines is 1. The fourth-order valence-electron chi connectivity index (χ4n) is 2.55. The molecule has 0 aliphatic rings. The van der Waals surface area contributed by atoms with Crippen molar-refractivity contribution in [3.8, 4) is 5.75 Å². The fraction of sp³-hybridized carbons (Fsp3) is 0.0909. The molecule has 142 valence electrons. The third-order valence-electron chi connectivity index (χ3n) is 3.97. The summed E-state index contributed by atoms with van der Waals surface area (Å²) in [5, 5.41) is 2.78. The van der Waals surface area contributed by atoms with E-state index in [0.29, 0.717) is 27.6 Å². The Morgan fingerprint density at radius 2 is 1.54 bits per heavy atom. The molecule has 28 heavy (non-hydrogen) atoms. The lowest BCUT2D eigenvalue weighted by Crippen LogP contribution is -2.13. The zero-order chi connectivity index (χ0) is 19.9. The topological polar surface area (TPSA) is 72.5 Å². The molecule has 3 aromatic rings. The van der Waals surface area contributed by atoms with Crippen LogP contribution in [0.3, 0.4) is 0 Å². The van der Waals surface area contributed by atoms with Gasteiger partial charge in [0, 0.05) is 17.0 Å². The summed E-state index contributed by atoms with van der Waals surface area (Å²) in [6.07, 6.45) is 0. The fourth-order valence-corrected chi connectivity index (χ4v) is 3.49. The quantitative estimate of drug-likeness (QED) is 0.501. The Morgan fingerprint density at radius 3 is 2.21 bits per heavy atom. The Kier molecular flexibility index (Phi) is 6.34. The molecule has 0 fully saturated rings. The summed E-state index contributed by atoms with van der Waals surface area (Å²) in [6, 6.07) is 22.1. The molecule has 0 saturated heterocycles. The van der Waals surface area contributed by atoms with Crippen molar-refractivity contribution in [2.45, 2.75) is 11.8 Å². The van der Waals surface area contributed by atoms with Crippen LogP contribution in [0, 0.1) is 0 Å². The van der Waals surface area contributed by atoms with Crippen molar-refractivity contribution in [3.05, 3.63) is 90.0 Å². The number of carbonyl (C=O) groups is 2. The number of benzene rings is 3. The average molecular weight is 393 g/mol. The Balaban J connectivity index is 1.69. The van der Waals surface area contributed by atoms with Gasteiger partial charge in [0.2, 0.25) is 0 Å². The molecule has 0 aliphatic heterocycles. The lowest BCUT2D eigenvalue weighted by atomic mass is 10.2. The van der Waals surface area contributed by atoms with Crippen LogP contribution in [0.25, 0.3) is 0 Å². The van der Waals surface area contributed by atoms with Gasteiger partial charge in [-0.05, 0) is 48.5 Å². The summed E-state index contributed by atoms with van der Waals surface area (Å²) in [7, 11) is -1.26. The number of nitrogens with one attached hydrogen (secondary N) is 1. The maximum Gasteiger partial charge on any atom is 0.344 e. The summed E-state index contributed by atoms with van der Waals surface area (Å²) in [5.74, 6) is -0.0420. The van der Waals surface area contributed by atoms with Crippen molar-refractivity contribution in [1.29, 1.82) is 0 Å². The number of carbonyl (C=O) groups excluding carboxylic acids is 2. The molecule has 0 aliphatic carbocycles. The van der Waals surface area contributed by atoms with Gasteiger partial charge in [0.1, 0.15) is 5.75 Å². The van der Waals surface area contributed by atoms with Gasteiger partial charge < -0.3 is 10.1 Å². The lowest BCUT2D eigenvalue weighted by molar-refractivity contribution is 0.0730. The summed E-state index contributed by atoms with van der Waals surface area (Å²) in [4.78, 5) is 25.1. The van der Waals surface area contributed by atoms with Gasteiger partial charge in [-0.2, -0.15) is 0 Å². The van der Waals surface area contributed by atoms with E-state index in [1.54, 1.807) is 79.7 Å². The maximum atomic E-state index is 12.5. The molecular formula is C22H19NO4S. The van der Waals surface area contributed by atoms with E-state index in [1.165, 1.54) is 0 Å². The van der Waals surface area contributed by atoms with Crippen LogP contribution in [0.5, 0.6) is 5.75 Å². The van der Waals surface area contributed by atoms with Crippen LogP contribution in [0.15, 0.2) is 83.8 Å². The summed E-state index contributed by atoms with van der Waals surface area (Å²) >= 11 is 0. The molecule has 0 radical (unpaired) electrons. The Morgan fingerprint density at radius 1 is 0.893 bits per heavy atom. The molecule has 1 amide bonds. The molecule has 1 atom stereocenters. The van der Waals surface area contributed by atoms with Gasteiger partial charge >= 0.3 is 5.97 Å². The molecule has 1 N–H and O–H groups in total. The first-order chi connectivity index (χ1) is 13.6. The van der Waals surface area contributed by atoms with E-state index < -0.39 is 16.8 Å². The SMILES string of the molecule is CC[S@](=O)c1ccccc1C(=O)Oc1ccc(NC(=O)c2ccccc2)cc1. The normalized spacial score (nSPS) is 11.5.